The molecule has 2 aromatic heterocycles. The van der Waals surface area contributed by atoms with Crippen LogP contribution < -0.4 is 10.2 Å². The summed E-state index contributed by atoms with van der Waals surface area (Å²) in [5, 5.41) is 3.08. The minimum atomic E-state index is -3.27. The highest BCUT2D eigenvalue weighted by Crippen LogP contribution is 2.15. The van der Waals surface area contributed by atoms with Crippen LogP contribution in [0.2, 0.25) is 0 Å². The normalized spacial score (nSPS) is 16.0. The minimum Gasteiger partial charge on any atom is -0.369 e. The van der Waals surface area contributed by atoms with E-state index in [1.165, 1.54) is 0 Å². The predicted octanol–water partition coefficient (Wildman–Crippen LogP) is 1.35. The molecule has 1 aliphatic heterocycles. The number of piperazine rings is 1. The van der Waals surface area contributed by atoms with Crippen molar-refractivity contribution in [3.8, 4) is 0 Å². The van der Waals surface area contributed by atoms with Crippen molar-refractivity contribution in [1.29, 1.82) is 0 Å². The van der Waals surface area contributed by atoms with E-state index in [-0.39, 0.29) is 5.75 Å². The van der Waals surface area contributed by atoms with Crippen LogP contribution in [0.4, 0.5) is 11.6 Å². The Morgan fingerprint density at radius 3 is 2.56 bits per heavy atom. The third kappa shape index (κ3) is 4.67. The third-order valence-corrected chi connectivity index (χ3v) is 6.03. The van der Waals surface area contributed by atoms with Gasteiger partial charge in [0.05, 0.1) is 5.75 Å². The van der Waals surface area contributed by atoms with Crippen molar-refractivity contribution in [2.45, 2.75) is 6.92 Å². The molecular formula is C17H23N5O2S. The maximum atomic E-state index is 12.5. The van der Waals surface area contributed by atoms with Gasteiger partial charge in [0, 0.05) is 44.6 Å². The van der Waals surface area contributed by atoms with Crippen LogP contribution in [0.1, 0.15) is 5.69 Å². The number of rotatable bonds is 6. The summed E-state index contributed by atoms with van der Waals surface area (Å²) in [6, 6.07) is 11.4. The van der Waals surface area contributed by atoms with Crippen LogP contribution in [-0.4, -0.2) is 61.2 Å². The molecule has 1 saturated heterocycles. The smallest absolute Gasteiger partial charge is 0.215 e. The number of anilines is 2. The van der Waals surface area contributed by atoms with Crippen molar-refractivity contribution in [3.63, 3.8) is 0 Å². The summed E-state index contributed by atoms with van der Waals surface area (Å²) in [4.78, 5) is 10.7. The molecule has 134 valence electrons. The lowest BCUT2D eigenvalue weighted by Gasteiger charge is -2.34. The Bertz CT molecular complexity index is 790. The zero-order chi connectivity index (χ0) is 17.7. The lowest BCUT2D eigenvalue weighted by molar-refractivity contribution is 0.384. The molecule has 0 bridgehead atoms. The van der Waals surface area contributed by atoms with Crippen LogP contribution >= 0.6 is 0 Å². The highest BCUT2D eigenvalue weighted by atomic mass is 32.2. The summed E-state index contributed by atoms with van der Waals surface area (Å²) in [7, 11) is -3.27. The quantitative estimate of drug-likeness (QED) is 0.837. The van der Waals surface area contributed by atoms with Crippen LogP contribution in [-0.2, 0) is 10.0 Å². The summed E-state index contributed by atoms with van der Waals surface area (Å²) < 4.78 is 26.6. The summed E-state index contributed by atoms with van der Waals surface area (Å²) in [5.74, 6) is 1.66. The lowest BCUT2D eigenvalue weighted by atomic mass is 10.3. The number of aryl methyl sites for hydroxylation is 1. The second kappa shape index (κ2) is 7.79. The zero-order valence-electron chi connectivity index (χ0n) is 14.3. The third-order valence-electron chi connectivity index (χ3n) is 4.16. The number of nitrogens with one attached hydrogen (secondary N) is 1. The molecule has 0 atom stereocenters. The van der Waals surface area contributed by atoms with Gasteiger partial charge in [-0.05, 0) is 31.2 Å². The number of aromatic nitrogens is 2. The average Bonchev–Trinajstić information content (AvgIpc) is 2.62. The minimum absolute atomic E-state index is 0.0617. The van der Waals surface area contributed by atoms with E-state index in [9.17, 15) is 8.42 Å². The highest BCUT2D eigenvalue weighted by Gasteiger charge is 2.26. The Morgan fingerprint density at radius 1 is 1.08 bits per heavy atom. The maximum absolute atomic E-state index is 12.5. The topological polar surface area (TPSA) is 78.4 Å². The van der Waals surface area contributed by atoms with Gasteiger partial charge in [0.25, 0.3) is 0 Å². The first-order chi connectivity index (χ1) is 12.0. The largest absolute Gasteiger partial charge is 0.369 e. The van der Waals surface area contributed by atoms with Crippen molar-refractivity contribution >= 4 is 21.7 Å². The van der Waals surface area contributed by atoms with Crippen LogP contribution in [0.25, 0.3) is 0 Å². The fraction of sp³-hybridized carbons (Fsp3) is 0.412. The summed E-state index contributed by atoms with van der Waals surface area (Å²) >= 11 is 0. The first-order valence-electron chi connectivity index (χ1n) is 8.36. The molecule has 0 aliphatic carbocycles. The van der Waals surface area contributed by atoms with Gasteiger partial charge < -0.3 is 10.2 Å². The van der Waals surface area contributed by atoms with Gasteiger partial charge in [-0.2, -0.15) is 4.31 Å². The Labute approximate surface area is 148 Å². The molecule has 7 nitrogen and oxygen atoms in total. The molecule has 0 aromatic carbocycles. The van der Waals surface area contributed by atoms with Gasteiger partial charge in [-0.15, -0.1) is 0 Å². The van der Waals surface area contributed by atoms with Crippen molar-refractivity contribution in [3.05, 3.63) is 48.3 Å². The van der Waals surface area contributed by atoms with E-state index in [1.54, 1.807) is 10.5 Å². The number of hydrogen-bond acceptors (Lipinski definition) is 6. The molecule has 1 aliphatic rings. The van der Waals surface area contributed by atoms with E-state index >= 15 is 0 Å². The fourth-order valence-electron chi connectivity index (χ4n) is 2.81. The molecule has 0 amide bonds. The van der Waals surface area contributed by atoms with Crippen molar-refractivity contribution in [2.24, 2.45) is 0 Å². The van der Waals surface area contributed by atoms with Crippen LogP contribution in [0.15, 0.2) is 42.6 Å². The van der Waals surface area contributed by atoms with E-state index in [1.807, 2.05) is 43.3 Å². The van der Waals surface area contributed by atoms with E-state index < -0.39 is 10.0 Å². The zero-order valence-corrected chi connectivity index (χ0v) is 15.1. The second-order valence-electron chi connectivity index (χ2n) is 5.98. The summed E-state index contributed by atoms with van der Waals surface area (Å²) in [5.41, 5.74) is 0.901. The summed E-state index contributed by atoms with van der Waals surface area (Å²) in [6.45, 7) is 4.54. The number of pyridine rings is 2. The Balaban J connectivity index is 1.50. The van der Waals surface area contributed by atoms with Gasteiger partial charge in [-0.25, -0.2) is 18.4 Å². The Morgan fingerprint density at radius 2 is 1.88 bits per heavy atom. The first kappa shape index (κ1) is 17.6. The Hall–Kier alpha value is -2.19. The first-order valence-corrected chi connectivity index (χ1v) is 9.97. The van der Waals surface area contributed by atoms with Crippen molar-refractivity contribution < 1.29 is 8.42 Å². The van der Waals surface area contributed by atoms with Crippen molar-refractivity contribution in [2.75, 3.05) is 48.7 Å². The molecule has 8 heteroatoms. The van der Waals surface area contributed by atoms with Gasteiger partial charge >= 0.3 is 0 Å². The van der Waals surface area contributed by atoms with Crippen LogP contribution in [0, 0.1) is 6.92 Å². The molecule has 3 heterocycles. The van der Waals surface area contributed by atoms with Gasteiger partial charge in [-0.3, -0.25) is 0 Å². The van der Waals surface area contributed by atoms with Gasteiger partial charge in [0.2, 0.25) is 10.0 Å². The number of hydrogen-bond donors (Lipinski definition) is 1. The predicted molar refractivity (Wildman–Crippen MR) is 99.3 cm³/mol. The van der Waals surface area contributed by atoms with Gasteiger partial charge in [0.15, 0.2) is 0 Å². The van der Waals surface area contributed by atoms with Crippen LogP contribution in [0.3, 0.4) is 0 Å². The van der Waals surface area contributed by atoms with E-state index in [2.05, 4.69) is 20.2 Å². The fourth-order valence-corrected chi connectivity index (χ4v) is 4.15. The molecule has 0 unspecified atom stereocenters. The molecule has 2 aromatic rings. The molecule has 0 saturated carbocycles. The standard InChI is InChI=1S/C17H23N5O2S/c1-15-5-4-6-16(20-15)18-9-14-25(23,24)22-12-10-21(11-13-22)17-7-2-3-8-19-17/h2-8H,9-14H2,1H3,(H,18,20). The molecule has 0 spiro atoms. The van der Waals surface area contributed by atoms with E-state index in [4.69, 9.17) is 0 Å². The number of sulfonamides is 1. The number of nitrogens with zero attached hydrogens (tertiary/aromatic N) is 4. The SMILES string of the molecule is Cc1cccc(NCCS(=O)(=O)N2CCN(c3ccccn3)CC2)n1. The molecule has 25 heavy (non-hydrogen) atoms. The van der Waals surface area contributed by atoms with Crippen LogP contribution in [0.5, 0.6) is 0 Å². The van der Waals surface area contributed by atoms with E-state index in [0.29, 0.717) is 38.5 Å². The van der Waals surface area contributed by atoms with Gasteiger partial charge in [0.1, 0.15) is 11.6 Å². The Kier molecular flexibility index (Phi) is 5.50. The van der Waals surface area contributed by atoms with Gasteiger partial charge in [-0.1, -0.05) is 12.1 Å². The monoisotopic (exact) mass is 361 g/mol. The molecule has 3 rings (SSSR count). The van der Waals surface area contributed by atoms with Crippen molar-refractivity contribution in [1.82, 2.24) is 14.3 Å². The molecule has 0 radical (unpaired) electrons. The average molecular weight is 361 g/mol. The molecule has 1 fully saturated rings. The van der Waals surface area contributed by atoms with E-state index in [0.717, 1.165) is 11.5 Å². The maximum Gasteiger partial charge on any atom is 0.215 e. The second-order valence-corrected chi connectivity index (χ2v) is 8.07. The highest BCUT2D eigenvalue weighted by molar-refractivity contribution is 7.89. The molecule has 1 N–H and O–H groups in total. The summed E-state index contributed by atoms with van der Waals surface area (Å²) in [6.07, 6.45) is 1.75. The molecular weight excluding hydrogens is 338 g/mol. The lowest BCUT2D eigenvalue weighted by Crippen LogP contribution is -2.50.